The number of nitrogens with one attached hydrogen (secondary N) is 3. The molecule has 0 aromatic carbocycles. The minimum atomic E-state index is -3.88. The summed E-state index contributed by atoms with van der Waals surface area (Å²) < 4.78 is 38.1. The van der Waals surface area contributed by atoms with Crippen molar-refractivity contribution in [2.75, 3.05) is 13.7 Å². The highest BCUT2D eigenvalue weighted by Crippen LogP contribution is 2.45. The number of aromatic nitrogens is 2. The Hall–Kier alpha value is -4.05. The zero-order chi connectivity index (χ0) is 33.4. The number of carbonyl (C=O) groups excluding carboxylic acids is 4. The van der Waals surface area contributed by atoms with Gasteiger partial charge in [0.25, 0.3) is 5.91 Å². The number of sulfonamides is 1. The van der Waals surface area contributed by atoms with Crippen LogP contribution in [0.15, 0.2) is 42.4 Å². The van der Waals surface area contributed by atoms with Crippen LogP contribution in [0.3, 0.4) is 0 Å². The third-order valence-electron chi connectivity index (χ3n) is 8.34. The fourth-order valence-electron chi connectivity index (χ4n) is 5.49. The summed E-state index contributed by atoms with van der Waals surface area (Å²) in [7, 11) is -2.70. The number of ether oxygens (including phenoxy) is 2. The van der Waals surface area contributed by atoms with Crippen molar-refractivity contribution in [2.45, 2.75) is 75.4 Å². The number of carbonyl (C=O) groups is 4. The number of methoxy groups -OCH3 is 1. The second kappa shape index (κ2) is 12.6. The highest BCUT2D eigenvalue weighted by molar-refractivity contribution is 7.91. The Morgan fingerprint density at radius 3 is 2.54 bits per heavy atom. The minimum Gasteiger partial charge on any atom is -0.458 e. The smallest absolute Gasteiger partial charge is 0.407 e. The SMILES string of the molecule is C=C[C@@H]1C[C@]1(NC(=O)[C@@H]1C[C@@H](Oc2nccc(-c3cccs3)n2)CN1C(=O)[C@@H](NC(=O)OC)C(C)(C)C)C(=O)NS(=O)(=O)C1CC1. The molecular weight excluding hydrogens is 636 g/mol. The van der Waals surface area contributed by atoms with Gasteiger partial charge in [0.05, 0.1) is 29.5 Å². The Morgan fingerprint density at radius 1 is 1.22 bits per heavy atom. The van der Waals surface area contributed by atoms with E-state index in [0.29, 0.717) is 18.5 Å². The fourth-order valence-corrected chi connectivity index (χ4v) is 7.55. The Kier molecular flexibility index (Phi) is 9.14. The second-order valence-electron chi connectivity index (χ2n) is 12.8. The summed E-state index contributed by atoms with van der Waals surface area (Å²) in [6.45, 7) is 8.95. The van der Waals surface area contributed by atoms with E-state index in [0.717, 1.165) is 4.88 Å². The topological polar surface area (TPSA) is 186 Å². The van der Waals surface area contributed by atoms with Crippen molar-refractivity contribution < 1.29 is 37.1 Å². The minimum absolute atomic E-state index is 0.01000. The standard InChI is InChI=1S/C30H38N6O8S2/c1-6-17-15-30(17,26(39)35-46(41,42)19-9-10-19)34-24(37)21-14-18(44-27-31-12-11-20(32-27)22-8-7-13-45-22)16-36(21)25(38)23(29(2,3)4)33-28(40)43-5/h6-8,11-13,17-19,21,23H,1,9-10,14-16H2,2-5H3,(H,33,40)(H,34,37)(H,35,39)/t17-,18-,21+,23-,30-/m1/s1. The molecule has 4 amide bonds. The monoisotopic (exact) mass is 674 g/mol. The molecule has 3 aliphatic rings. The number of amides is 4. The first-order chi connectivity index (χ1) is 21.7. The van der Waals surface area contributed by atoms with Crippen LogP contribution in [0.4, 0.5) is 4.79 Å². The first-order valence-electron chi connectivity index (χ1n) is 14.9. The Labute approximate surface area is 271 Å². The van der Waals surface area contributed by atoms with E-state index in [2.05, 4.69) is 31.9 Å². The van der Waals surface area contributed by atoms with Gasteiger partial charge in [-0.05, 0) is 42.2 Å². The van der Waals surface area contributed by atoms with Gasteiger partial charge in [-0.25, -0.2) is 18.2 Å². The van der Waals surface area contributed by atoms with Crippen molar-refractivity contribution in [2.24, 2.45) is 11.3 Å². The van der Waals surface area contributed by atoms with Crippen molar-refractivity contribution >= 4 is 45.2 Å². The lowest BCUT2D eigenvalue weighted by Crippen LogP contribution is -2.60. The van der Waals surface area contributed by atoms with Gasteiger partial charge in [-0.15, -0.1) is 17.9 Å². The van der Waals surface area contributed by atoms with Crippen LogP contribution in [0.1, 0.15) is 46.5 Å². The van der Waals surface area contributed by atoms with Crippen LogP contribution in [0.25, 0.3) is 10.6 Å². The summed E-state index contributed by atoms with van der Waals surface area (Å²) >= 11 is 1.50. The van der Waals surface area contributed by atoms with Crippen LogP contribution in [0.5, 0.6) is 6.01 Å². The summed E-state index contributed by atoms with van der Waals surface area (Å²) in [4.78, 5) is 64.5. The van der Waals surface area contributed by atoms with Crippen LogP contribution in [0.2, 0.25) is 0 Å². The lowest BCUT2D eigenvalue weighted by atomic mass is 9.85. The van der Waals surface area contributed by atoms with E-state index in [-0.39, 0.29) is 25.4 Å². The number of rotatable bonds is 11. The Morgan fingerprint density at radius 2 is 1.96 bits per heavy atom. The molecule has 16 heteroatoms. The molecule has 2 aromatic heterocycles. The predicted octanol–water partition coefficient (Wildman–Crippen LogP) is 1.99. The van der Waals surface area contributed by atoms with Crippen molar-refractivity contribution in [3.05, 3.63) is 42.4 Å². The number of nitrogens with zero attached hydrogens (tertiary/aromatic N) is 3. The van der Waals surface area contributed by atoms with Gasteiger partial charge >= 0.3 is 12.1 Å². The lowest BCUT2D eigenvalue weighted by molar-refractivity contribution is -0.142. The van der Waals surface area contributed by atoms with E-state index in [1.807, 2.05) is 17.5 Å². The maximum absolute atomic E-state index is 14.1. The molecule has 3 N–H and O–H groups in total. The highest BCUT2D eigenvalue weighted by Gasteiger charge is 2.62. The van der Waals surface area contributed by atoms with Crippen LogP contribution in [-0.4, -0.2) is 89.7 Å². The van der Waals surface area contributed by atoms with Gasteiger partial charge in [-0.3, -0.25) is 19.1 Å². The van der Waals surface area contributed by atoms with Crippen LogP contribution >= 0.6 is 11.3 Å². The lowest BCUT2D eigenvalue weighted by Gasteiger charge is -2.35. The zero-order valence-corrected chi connectivity index (χ0v) is 27.7. The van der Waals surface area contributed by atoms with E-state index in [1.165, 1.54) is 29.4 Å². The molecule has 0 bridgehead atoms. The van der Waals surface area contributed by atoms with Crippen molar-refractivity contribution in [3.63, 3.8) is 0 Å². The summed E-state index contributed by atoms with van der Waals surface area (Å²) in [5.74, 6) is -2.61. The quantitative estimate of drug-likeness (QED) is 0.298. The average Bonchev–Trinajstić information content (AvgIpc) is 3.87. The molecule has 248 valence electrons. The fraction of sp³-hybridized carbons (Fsp3) is 0.533. The molecule has 14 nitrogen and oxygen atoms in total. The second-order valence-corrected chi connectivity index (χ2v) is 15.7. The summed E-state index contributed by atoms with van der Waals surface area (Å²) in [5, 5.41) is 6.60. The number of thiophene rings is 1. The summed E-state index contributed by atoms with van der Waals surface area (Å²) in [6, 6.07) is 3.37. The molecule has 1 saturated heterocycles. The third-order valence-corrected chi connectivity index (χ3v) is 11.0. The molecule has 0 unspecified atom stereocenters. The van der Waals surface area contributed by atoms with E-state index in [4.69, 9.17) is 9.47 Å². The van der Waals surface area contributed by atoms with Gasteiger partial charge < -0.3 is 25.0 Å². The van der Waals surface area contributed by atoms with E-state index < -0.39 is 74.1 Å². The van der Waals surface area contributed by atoms with Gasteiger partial charge in [-0.1, -0.05) is 32.9 Å². The Bertz CT molecular complexity index is 1620. The third kappa shape index (κ3) is 7.02. The molecule has 1 aliphatic heterocycles. The normalized spacial score (nSPS) is 24.8. The van der Waals surface area contributed by atoms with Crippen LogP contribution in [0, 0.1) is 11.3 Å². The number of alkyl carbamates (subject to hydrolysis) is 1. The molecule has 5 rings (SSSR count). The number of hydrogen-bond acceptors (Lipinski definition) is 11. The highest BCUT2D eigenvalue weighted by atomic mass is 32.2. The molecule has 3 heterocycles. The van der Waals surface area contributed by atoms with Crippen molar-refractivity contribution in [3.8, 4) is 16.6 Å². The van der Waals surface area contributed by atoms with Crippen molar-refractivity contribution in [1.82, 2.24) is 30.2 Å². The summed E-state index contributed by atoms with van der Waals surface area (Å²) in [6.07, 6.45) is 2.56. The van der Waals surface area contributed by atoms with E-state index in [9.17, 15) is 27.6 Å². The first-order valence-corrected chi connectivity index (χ1v) is 17.3. The van der Waals surface area contributed by atoms with E-state index >= 15 is 0 Å². The molecule has 2 saturated carbocycles. The van der Waals surface area contributed by atoms with E-state index in [1.54, 1.807) is 33.0 Å². The van der Waals surface area contributed by atoms with Crippen LogP contribution in [-0.2, 0) is 29.1 Å². The van der Waals surface area contributed by atoms with Gasteiger partial charge in [0.1, 0.15) is 23.7 Å². The predicted molar refractivity (Wildman–Crippen MR) is 168 cm³/mol. The molecule has 0 radical (unpaired) electrons. The molecule has 0 spiro atoms. The number of hydrogen-bond donors (Lipinski definition) is 3. The average molecular weight is 675 g/mol. The molecule has 2 aromatic rings. The van der Waals surface area contributed by atoms with Gasteiger partial charge in [-0.2, -0.15) is 4.98 Å². The maximum Gasteiger partial charge on any atom is 0.407 e. The van der Waals surface area contributed by atoms with Gasteiger partial charge in [0.2, 0.25) is 21.8 Å². The largest absolute Gasteiger partial charge is 0.458 e. The molecule has 5 atom stereocenters. The van der Waals surface area contributed by atoms with Crippen molar-refractivity contribution in [1.29, 1.82) is 0 Å². The molecule has 46 heavy (non-hydrogen) atoms. The molecule has 2 aliphatic carbocycles. The first kappa shape index (κ1) is 33.3. The van der Waals surface area contributed by atoms with Crippen LogP contribution < -0.4 is 20.1 Å². The number of likely N-dealkylation sites (tertiary alicyclic amines) is 1. The molecule has 3 fully saturated rings. The Balaban J connectivity index is 1.41. The van der Waals surface area contributed by atoms with Gasteiger partial charge in [0.15, 0.2) is 0 Å². The maximum atomic E-state index is 14.1. The summed E-state index contributed by atoms with van der Waals surface area (Å²) in [5.41, 5.74) is -1.68. The zero-order valence-electron chi connectivity index (χ0n) is 26.0. The molecular formula is C30H38N6O8S2. The van der Waals surface area contributed by atoms with Gasteiger partial charge in [0, 0.05) is 18.5 Å².